The van der Waals surface area contributed by atoms with E-state index in [0.29, 0.717) is 16.7 Å². The van der Waals surface area contributed by atoms with E-state index < -0.39 is 0 Å². The molecule has 0 unspecified atom stereocenters. The molecule has 164 valence electrons. The highest BCUT2D eigenvalue weighted by Gasteiger charge is 2.59. The maximum absolute atomic E-state index is 10.2. The fourth-order valence-electron chi connectivity index (χ4n) is 8.50. The molecule has 0 heterocycles. The minimum Gasteiger partial charge on any atom is -0.393 e. The standard InChI is InChI=1S/C28H46O/c1-18(2)19(3)7-8-20(4)24-11-12-25-23-10-9-21-17-22(29)13-15-27(21,5)26(23)14-16-28(24,25)6/h9,18,20,22-26,29H,3,7-8,10-17H2,1-2,4-6H3/t20-,22+,23+,24-,25+,26+,27+,28-/m1/s1/i3D. The van der Waals surface area contributed by atoms with Gasteiger partial charge in [-0.1, -0.05) is 58.4 Å². The van der Waals surface area contributed by atoms with Crippen LogP contribution in [0.15, 0.2) is 23.8 Å². The van der Waals surface area contributed by atoms with Crippen LogP contribution in [0, 0.1) is 46.3 Å². The van der Waals surface area contributed by atoms with Crippen LogP contribution in [0.5, 0.6) is 0 Å². The fourth-order valence-corrected chi connectivity index (χ4v) is 8.50. The van der Waals surface area contributed by atoms with Crippen molar-refractivity contribution in [2.75, 3.05) is 0 Å². The fraction of sp³-hybridized carbons (Fsp3) is 0.857. The molecule has 29 heavy (non-hydrogen) atoms. The molecule has 0 radical (unpaired) electrons. The minimum absolute atomic E-state index is 0.0973. The van der Waals surface area contributed by atoms with Crippen molar-refractivity contribution >= 4 is 0 Å². The van der Waals surface area contributed by atoms with Crippen LogP contribution in [0.2, 0.25) is 0 Å². The van der Waals surface area contributed by atoms with Gasteiger partial charge in [-0.3, -0.25) is 0 Å². The van der Waals surface area contributed by atoms with Crippen molar-refractivity contribution in [3.05, 3.63) is 23.8 Å². The van der Waals surface area contributed by atoms with Gasteiger partial charge in [-0.05, 0) is 111 Å². The Morgan fingerprint density at radius 3 is 2.69 bits per heavy atom. The Morgan fingerprint density at radius 1 is 1.17 bits per heavy atom. The molecule has 0 saturated heterocycles. The lowest BCUT2D eigenvalue weighted by atomic mass is 9.47. The van der Waals surface area contributed by atoms with E-state index in [-0.39, 0.29) is 6.10 Å². The molecule has 4 aliphatic rings. The summed E-state index contributed by atoms with van der Waals surface area (Å²) in [4.78, 5) is 0. The van der Waals surface area contributed by atoms with Gasteiger partial charge in [0, 0.05) is 0 Å². The lowest BCUT2D eigenvalue weighted by molar-refractivity contribution is -0.0571. The maximum Gasteiger partial charge on any atom is 0.0577 e. The second kappa shape index (κ2) is 7.85. The highest BCUT2D eigenvalue weighted by atomic mass is 16.3. The second-order valence-corrected chi connectivity index (χ2v) is 12.1. The number of aliphatic hydroxyl groups is 1. The zero-order valence-corrected chi connectivity index (χ0v) is 19.7. The van der Waals surface area contributed by atoms with Crippen LogP contribution >= 0.6 is 0 Å². The van der Waals surface area contributed by atoms with Crippen LogP contribution in [-0.4, -0.2) is 11.2 Å². The molecule has 4 rings (SSSR count). The van der Waals surface area contributed by atoms with Crippen LogP contribution in [0.25, 0.3) is 0 Å². The van der Waals surface area contributed by atoms with Crippen molar-refractivity contribution in [2.45, 2.75) is 105 Å². The Balaban J connectivity index is 1.49. The zero-order valence-electron chi connectivity index (χ0n) is 20.7. The molecule has 0 spiro atoms. The van der Waals surface area contributed by atoms with Gasteiger partial charge in [0.15, 0.2) is 0 Å². The van der Waals surface area contributed by atoms with Crippen LogP contribution < -0.4 is 0 Å². The molecule has 0 aromatic carbocycles. The first-order chi connectivity index (χ1) is 14.2. The van der Waals surface area contributed by atoms with Gasteiger partial charge in [0.05, 0.1) is 7.47 Å². The topological polar surface area (TPSA) is 20.2 Å². The Kier molecular flexibility index (Phi) is 5.51. The average molecular weight is 400 g/mol. The second-order valence-electron chi connectivity index (χ2n) is 12.1. The molecule has 8 atom stereocenters. The normalized spacial score (nSPS) is 46.4. The van der Waals surface area contributed by atoms with Crippen LogP contribution in [0.3, 0.4) is 0 Å². The van der Waals surface area contributed by atoms with E-state index in [9.17, 15) is 5.11 Å². The molecule has 3 saturated carbocycles. The molecule has 0 aromatic rings. The van der Waals surface area contributed by atoms with Gasteiger partial charge < -0.3 is 5.11 Å². The van der Waals surface area contributed by atoms with Gasteiger partial charge in [-0.15, -0.1) is 0 Å². The van der Waals surface area contributed by atoms with Gasteiger partial charge in [0.1, 0.15) is 0 Å². The smallest absolute Gasteiger partial charge is 0.0577 e. The van der Waals surface area contributed by atoms with Gasteiger partial charge in [0.2, 0.25) is 0 Å². The summed E-state index contributed by atoms with van der Waals surface area (Å²) in [5.41, 5.74) is 3.79. The molecule has 1 heteroatoms. The Labute approximate surface area is 181 Å². The molecule has 1 nitrogen and oxygen atoms in total. The lowest BCUT2D eigenvalue weighted by Crippen LogP contribution is -2.50. The molecule has 0 aliphatic heterocycles. The summed E-state index contributed by atoms with van der Waals surface area (Å²) in [6.07, 6.45) is 14.9. The summed E-state index contributed by atoms with van der Waals surface area (Å²) in [6, 6.07) is 0. The summed E-state index contributed by atoms with van der Waals surface area (Å²) in [6.45, 7) is 13.8. The molecule has 3 fully saturated rings. The number of aliphatic hydroxyl groups excluding tert-OH is 1. The molecule has 4 aliphatic carbocycles. The first kappa shape index (κ1) is 20.3. The van der Waals surface area contributed by atoms with Gasteiger partial charge >= 0.3 is 0 Å². The van der Waals surface area contributed by atoms with Crippen LogP contribution in [-0.2, 0) is 0 Å². The summed E-state index contributed by atoms with van der Waals surface area (Å²) in [7, 11) is 0. The first-order valence-corrected chi connectivity index (χ1v) is 12.7. The van der Waals surface area contributed by atoms with Crippen molar-refractivity contribution in [1.29, 1.82) is 0 Å². The lowest BCUT2D eigenvalue weighted by Gasteiger charge is -2.58. The van der Waals surface area contributed by atoms with Crippen molar-refractivity contribution in [3.8, 4) is 0 Å². The molecule has 0 bridgehead atoms. The number of allylic oxidation sites excluding steroid dienone is 2. The molecular formula is C28H46O. The summed E-state index contributed by atoms with van der Waals surface area (Å²) in [5.74, 6) is 4.73. The van der Waals surface area contributed by atoms with Crippen molar-refractivity contribution in [3.63, 3.8) is 0 Å². The monoisotopic (exact) mass is 399 g/mol. The third kappa shape index (κ3) is 3.58. The zero-order chi connectivity index (χ0) is 21.7. The van der Waals surface area contributed by atoms with Crippen LogP contribution in [0.4, 0.5) is 0 Å². The van der Waals surface area contributed by atoms with Crippen molar-refractivity contribution in [1.82, 2.24) is 0 Å². The predicted octanol–water partition coefficient (Wildman–Crippen LogP) is 7.55. The third-order valence-corrected chi connectivity index (χ3v) is 10.5. The van der Waals surface area contributed by atoms with Crippen molar-refractivity contribution in [2.24, 2.45) is 46.3 Å². The van der Waals surface area contributed by atoms with E-state index in [4.69, 9.17) is 1.37 Å². The largest absolute Gasteiger partial charge is 0.393 e. The Morgan fingerprint density at radius 2 is 1.97 bits per heavy atom. The van der Waals surface area contributed by atoms with E-state index in [2.05, 4.69) is 40.7 Å². The molecule has 0 amide bonds. The number of fused-ring (bicyclic) bond motifs is 5. The summed E-state index contributed by atoms with van der Waals surface area (Å²) in [5, 5.41) is 10.2. The number of rotatable bonds is 5. The highest BCUT2D eigenvalue weighted by molar-refractivity contribution is 5.25. The van der Waals surface area contributed by atoms with E-state index >= 15 is 0 Å². The highest BCUT2D eigenvalue weighted by Crippen LogP contribution is 2.67. The molecule has 0 aromatic heterocycles. The quantitative estimate of drug-likeness (QED) is 0.473. The summed E-state index contributed by atoms with van der Waals surface area (Å²) >= 11 is 0. The van der Waals surface area contributed by atoms with E-state index in [1.165, 1.54) is 50.5 Å². The Hall–Kier alpha value is -0.560. The first-order valence-electron chi connectivity index (χ1n) is 13.2. The Bertz CT molecular complexity index is 693. The van der Waals surface area contributed by atoms with Gasteiger partial charge in [-0.2, -0.15) is 0 Å². The number of hydrogen-bond acceptors (Lipinski definition) is 1. The average Bonchev–Trinajstić information content (AvgIpc) is 3.06. The summed E-state index contributed by atoms with van der Waals surface area (Å²) < 4.78 is 7.75. The van der Waals surface area contributed by atoms with Crippen molar-refractivity contribution < 1.29 is 6.48 Å². The molecule has 1 N–H and O–H groups in total. The maximum atomic E-state index is 10.2. The van der Waals surface area contributed by atoms with Gasteiger partial charge in [0.25, 0.3) is 0 Å². The molecular weight excluding hydrogens is 352 g/mol. The van der Waals surface area contributed by atoms with E-state index in [1.54, 1.807) is 12.1 Å². The third-order valence-electron chi connectivity index (χ3n) is 10.5. The van der Waals surface area contributed by atoms with Crippen LogP contribution in [0.1, 0.15) is 100 Å². The SMILES string of the molecule is [2H]C=C(CC[C@@H](C)[C@H]1CC[C@H]2[C@@H]3CC=C4C[C@@H](O)CC[C@]4(C)[C@H]3CC[C@]12C)C(C)C. The number of hydrogen-bond donors (Lipinski definition) is 1. The predicted molar refractivity (Wildman–Crippen MR) is 124 cm³/mol. The minimum atomic E-state index is -0.0973. The van der Waals surface area contributed by atoms with E-state index in [1.807, 2.05) is 0 Å². The van der Waals surface area contributed by atoms with E-state index in [0.717, 1.165) is 48.9 Å². The van der Waals surface area contributed by atoms with Gasteiger partial charge in [-0.25, -0.2) is 0 Å².